The molecule has 6 nitrogen and oxygen atoms in total. The van der Waals surface area contributed by atoms with Crippen molar-refractivity contribution in [3.63, 3.8) is 0 Å². The van der Waals surface area contributed by atoms with Crippen molar-refractivity contribution < 1.29 is 13.9 Å². The minimum atomic E-state index is 0.157. The third-order valence-corrected chi connectivity index (χ3v) is 4.14. The van der Waals surface area contributed by atoms with E-state index in [0.717, 1.165) is 28.2 Å². The standard InChI is InChI=1S/C21H21N3O3/c1-14-5-4-6-15(2)20(14)26-13-19-24-18(11-22)21(27-19)23-12-16-7-9-17(25-3)10-8-16/h4-10,23H,12-13H2,1-3H3. The largest absolute Gasteiger partial charge is 0.497 e. The summed E-state index contributed by atoms with van der Waals surface area (Å²) < 4.78 is 16.7. The van der Waals surface area contributed by atoms with E-state index in [1.165, 1.54) is 0 Å². The van der Waals surface area contributed by atoms with Gasteiger partial charge in [0, 0.05) is 6.54 Å². The van der Waals surface area contributed by atoms with Gasteiger partial charge < -0.3 is 19.2 Å². The molecule has 0 aliphatic rings. The molecule has 27 heavy (non-hydrogen) atoms. The minimum Gasteiger partial charge on any atom is -0.497 e. The number of oxazole rings is 1. The Morgan fingerprint density at radius 1 is 1.11 bits per heavy atom. The Morgan fingerprint density at radius 2 is 1.81 bits per heavy atom. The maximum Gasteiger partial charge on any atom is 0.236 e. The van der Waals surface area contributed by atoms with Crippen LogP contribution in [0.3, 0.4) is 0 Å². The molecule has 0 spiro atoms. The number of para-hydroxylation sites is 1. The van der Waals surface area contributed by atoms with Crippen molar-refractivity contribution in [1.82, 2.24) is 4.98 Å². The van der Waals surface area contributed by atoms with Gasteiger partial charge in [-0.15, -0.1) is 0 Å². The summed E-state index contributed by atoms with van der Waals surface area (Å²) in [6.07, 6.45) is 0. The van der Waals surface area contributed by atoms with E-state index >= 15 is 0 Å². The molecule has 0 fully saturated rings. The molecule has 0 aliphatic heterocycles. The van der Waals surface area contributed by atoms with Gasteiger partial charge in [0.15, 0.2) is 6.61 Å². The van der Waals surface area contributed by atoms with E-state index in [-0.39, 0.29) is 12.3 Å². The number of nitrogens with one attached hydrogen (secondary N) is 1. The molecule has 0 radical (unpaired) electrons. The predicted octanol–water partition coefficient (Wildman–Crippen LogP) is 4.36. The highest BCUT2D eigenvalue weighted by Crippen LogP contribution is 2.25. The second kappa shape index (κ2) is 8.28. The van der Waals surface area contributed by atoms with Crippen molar-refractivity contribution in [3.8, 4) is 17.6 Å². The third-order valence-electron chi connectivity index (χ3n) is 4.14. The van der Waals surface area contributed by atoms with Gasteiger partial charge >= 0.3 is 0 Å². The molecule has 3 rings (SSSR count). The molecule has 0 atom stereocenters. The van der Waals surface area contributed by atoms with Crippen LogP contribution in [-0.4, -0.2) is 12.1 Å². The zero-order valence-corrected chi connectivity index (χ0v) is 15.6. The van der Waals surface area contributed by atoms with Crippen LogP contribution in [0.4, 0.5) is 5.88 Å². The monoisotopic (exact) mass is 363 g/mol. The zero-order valence-electron chi connectivity index (χ0n) is 15.6. The van der Waals surface area contributed by atoms with Crippen molar-refractivity contribution in [3.05, 3.63) is 70.7 Å². The highest BCUT2D eigenvalue weighted by atomic mass is 16.5. The normalized spacial score (nSPS) is 10.3. The number of methoxy groups -OCH3 is 1. The van der Waals surface area contributed by atoms with E-state index in [9.17, 15) is 5.26 Å². The van der Waals surface area contributed by atoms with E-state index in [4.69, 9.17) is 13.9 Å². The van der Waals surface area contributed by atoms with Crippen LogP contribution in [0, 0.1) is 25.2 Å². The Morgan fingerprint density at radius 3 is 2.44 bits per heavy atom. The van der Waals surface area contributed by atoms with Crippen molar-refractivity contribution in [2.75, 3.05) is 12.4 Å². The van der Waals surface area contributed by atoms with Crippen LogP contribution in [0.1, 0.15) is 28.3 Å². The van der Waals surface area contributed by atoms with Gasteiger partial charge in [0.05, 0.1) is 7.11 Å². The summed E-state index contributed by atoms with van der Waals surface area (Å²) in [5.74, 6) is 2.30. The minimum absolute atomic E-state index is 0.157. The average molecular weight is 363 g/mol. The van der Waals surface area contributed by atoms with E-state index < -0.39 is 0 Å². The van der Waals surface area contributed by atoms with Gasteiger partial charge in [-0.25, -0.2) is 0 Å². The molecule has 0 amide bonds. The lowest BCUT2D eigenvalue weighted by Crippen LogP contribution is -2.00. The molecule has 0 aliphatic carbocycles. The Hall–Kier alpha value is -3.46. The number of aryl methyl sites for hydroxylation is 2. The number of anilines is 1. The van der Waals surface area contributed by atoms with Crippen LogP contribution in [0.2, 0.25) is 0 Å². The SMILES string of the molecule is COc1ccc(CNc2oc(COc3c(C)cccc3C)nc2C#N)cc1. The Labute approximate surface area is 158 Å². The molecule has 138 valence electrons. The Balaban J connectivity index is 1.67. The molecule has 0 bridgehead atoms. The van der Waals surface area contributed by atoms with Crippen LogP contribution < -0.4 is 14.8 Å². The molecular formula is C21H21N3O3. The zero-order chi connectivity index (χ0) is 19.2. The fourth-order valence-corrected chi connectivity index (χ4v) is 2.71. The number of nitriles is 1. The van der Waals surface area contributed by atoms with E-state index in [2.05, 4.69) is 10.3 Å². The fourth-order valence-electron chi connectivity index (χ4n) is 2.71. The first kappa shape index (κ1) is 18.3. The number of aromatic nitrogens is 1. The number of nitrogens with zero attached hydrogens (tertiary/aromatic N) is 2. The predicted molar refractivity (Wildman–Crippen MR) is 102 cm³/mol. The molecule has 3 aromatic rings. The fraction of sp³-hybridized carbons (Fsp3) is 0.238. The summed E-state index contributed by atoms with van der Waals surface area (Å²) in [5, 5.41) is 12.4. The van der Waals surface area contributed by atoms with Gasteiger partial charge in [-0.1, -0.05) is 30.3 Å². The second-order valence-corrected chi connectivity index (χ2v) is 6.11. The molecule has 0 saturated heterocycles. The van der Waals surface area contributed by atoms with Crippen molar-refractivity contribution in [2.45, 2.75) is 27.0 Å². The quantitative estimate of drug-likeness (QED) is 0.672. The van der Waals surface area contributed by atoms with Gasteiger partial charge in [-0.2, -0.15) is 10.2 Å². The molecule has 1 aromatic heterocycles. The number of hydrogen-bond donors (Lipinski definition) is 1. The highest BCUT2D eigenvalue weighted by molar-refractivity contribution is 5.46. The van der Waals surface area contributed by atoms with Gasteiger partial charge in [0.25, 0.3) is 0 Å². The Bertz CT molecular complexity index is 936. The average Bonchev–Trinajstić information content (AvgIpc) is 3.08. The summed E-state index contributed by atoms with van der Waals surface area (Å²) in [6.45, 7) is 4.64. The van der Waals surface area contributed by atoms with E-state index in [0.29, 0.717) is 18.3 Å². The van der Waals surface area contributed by atoms with Crippen molar-refractivity contribution >= 4 is 5.88 Å². The maximum atomic E-state index is 9.30. The molecule has 0 saturated carbocycles. The van der Waals surface area contributed by atoms with Crippen molar-refractivity contribution in [2.24, 2.45) is 0 Å². The third kappa shape index (κ3) is 4.39. The molecule has 6 heteroatoms. The summed E-state index contributed by atoms with van der Waals surface area (Å²) in [6, 6.07) is 15.7. The van der Waals surface area contributed by atoms with Crippen LogP contribution in [0.25, 0.3) is 0 Å². The first-order valence-electron chi connectivity index (χ1n) is 8.56. The molecule has 2 aromatic carbocycles. The first-order valence-corrected chi connectivity index (χ1v) is 8.56. The smallest absolute Gasteiger partial charge is 0.236 e. The van der Waals surface area contributed by atoms with Crippen LogP contribution >= 0.6 is 0 Å². The van der Waals surface area contributed by atoms with Crippen LogP contribution in [0.15, 0.2) is 46.9 Å². The van der Waals surface area contributed by atoms with Crippen LogP contribution in [0.5, 0.6) is 11.5 Å². The molecule has 1 heterocycles. The lowest BCUT2D eigenvalue weighted by atomic mass is 10.1. The second-order valence-electron chi connectivity index (χ2n) is 6.11. The van der Waals surface area contributed by atoms with Crippen LogP contribution in [-0.2, 0) is 13.2 Å². The summed E-state index contributed by atoms with van der Waals surface area (Å²) >= 11 is 0. The topological polar surface area (TPSA) is 80.3 Å². The van der Waals surface area contributed by atoms with Gasteiger partial charge in [0.2, 0.25) is 17.5 Å². The summed E-state index contributed by atoms with van der Waals surface area (Å²) in [5.41, 5.74) is 3.33. The summed E-state index contributed by atoms with van der Waals surface area (Å²) in [4.78, 5) is 4.21. The number of ether oxygens (including phenoxy) is 2. The van der Waals surface area contributed by atoms with Gasteiger partial charge in [-0.3, -0.25) is 0 Å². The lowest BCUT2D eigenvalue weighted by Gasteiger charge is -2.10. The number of rotatable bonds is 7. The summed E-state index contributed by atoms with van der Waals surface area (Å²) in [7, 11) is 1.63. The lowest BCUT2D eigenvalue weighted by molar-refractivity contribution is 0.261. The van der Waals surface area contributed by atoms with Gasteiger partial charge in [0.1, 0.15) is 17.6 Å². The van der Waals surface area contributed by atoms with Gasteiger partial charge in [-0.05, 0) is 42.7 Å². The first-order chi connectivity index (χ1) is 13.1. The molecule has 1 N–H and O–H groups in total. The maximum absolute atomic E-state index is 9.30. The Kier molecular flexibility index (Phi) is 5.62. The molecular weight excluding hydrogens is 342 g/mol. The van der Waals surface area contributed by atoms with Crippen molar-refractivity contribution in [1.29, 1.82) is 5.26 Å². The highest BCUT2D eigenvalue weighted by Gasteiger charge is 2.14. The number of hydrogen-bond acceptors (Lipinski definition) is 6. The van der Waals surface area contributed by atoms with E-state index in [1.54, 1.807) is 7.11 Å². The number of benzene rings is 2. The van der Waals surface area contributed by atoms with E-state index in [1.807, 2.05) is 62.4 Å². The molecule has 0 unspecified atom stereocenters.